The van der Waals surface area contributed by atoms with Gasteiger partial charge in [0.2, 0.25) is 0 Å². The quantitative estimate of drug-likeness (QED) is 0.921. The summed E-state index contributed by atoms with van der Waals surface area (Å²) in [4.78, 5) is 23.8. The molecule has 1 unspecified atom stereocenters. The van der Waals surface area contributed by atoms with Crippen LogP contribution in [0.4, 0.5) is 0 Å². The fourth-order valence-electron chi connectivity index (χ4n) is 2.48. The zero-order valence-electron chi connectivity index (χ0n) is 12.2. The topological polar surface area (TPSA) is 64.2 Å². The second-order valence-corrected chi connectivity index (χ2v) is 6.22. The number of hydrogen-bond donors (Lipinski definition) is 1. The van der Waals surface area contributed by atoms with Crippen LogP contribution in [0.2, 0.25) is 5.02 Å². The van der Waals surface area contributed by atoms with Crippen LogP contribution in [-0.4, -0.2) is 20.2 Å². The molecule has 1 aliphatic rings. The first kappa shape index (κ1) is 14.9. The number of imidazole rings is 1. The van der Waals surface area contributed by atoms with Crippen molar-refractivity contribution in [2.75, 3.05) is 0 Å². The lowest BCUT2D eigenvalue weighted by Gasteiger charge is -2.06. The molecule has 1 aliphatic carbocycles. The fraction of sp³-hybridized carbons (Fsp3) is 0.375. The average Bonchev–Trinajstić information content (AvgIpc) is 3.25. The summed E-state index contributed by atoms with van der Waals surface area (Å²) in [5.74, 6) is -0.506. The first-order valence-electron chi connectivity index (χ1n) is 7.28. The average molecular weight is 321 g/mol. The monoisotopic (exact) mass is 320 g/mol. The van der Waals surface area contributed by atoms with Crippen molar-refractivity contribution in [2.24, 2.45) is 5.92 Å². The van der Waals surface area contributed by atoms with Crippen LogP contribution in [0, 0.1) is 5.92 Å². The minimum atomic E-state index is -1.02. The lowest BCUT2D eigenvalue weighted by atomic mass is 10.1. The third-order valence-electron chi connectivity index (χ3n) is 4.06. The largest absolute Gasteiger partial charge is 0.480 e. The summed E-state index contributed by atoms with van der Waals surface area (Å²) in [6.07, 6.45) is 3.87. The molecule has 1 aromatic heterocycles. The molecule has 2 aromatic rings. The molecule has 6 heteroatoms. The van der Waals surface area contributed by atoms with E-state index in [4.69, 9.17) is 11.6 Å². The Hall–Kier alpha value is -2.01. The number of halogens is 1. The number of nitrogens with zero attached hydrogens (tertiary/aromatic N) is 2. The third kappa shape index (κ3) is 2.81. The molecule has 0 saturated heterocycles. The van der Waals surface area contributed by atoms with Gasteiger partial charge in [-0.25, -0.2) is 9.59 Å². The van der Waals surface area contributed by atoms with Crippen molar-refractivity contribution in [3.63, 3.8) is 0 Å². The molecule has 1 aromatic carbocycles. The SMILES string of the molecule is CC(C(=O)O)n1cc(-c2ccc(Cl)cc2)n(CC2CC2)c1=O. The zero-order valence-corrected chi connectivity index (χ0v) is 13.0. The van der Waals surface area contributed by atoms with Gasteiger partial charge in [-0.15, -0.1) is 0 Å². The summed E-state index contributed by atoms with van der Waals surface area (Å²) in [6.45, 7) is 2.15. The molecule has 0 amide bonds. The van der Waals surface area contributed by atoms with Crippen LogP contribution in [0.25, 0.3) is 11.3 Å². The van der Waals surface area contributed by atoms with Gasteiger partial charge in [0, 0.05) is 17.8 Å². The molecule has 1 fully saturated rings. The van der Waals surface area contributed by atoms with Gasteiger partial charge in [0.15, 0.2) is 0 Å². The van der Waals surface area contributed by atoms with E-state index in [1.807, 2.05) is 12.1 Å². The van der Waals surface area contributed by atoms with Crippen molar-refractivity contribution >= 4 is 17.6 Å². The summed E-state index contributed by atoms with van der Waals surface area (Å²) < 4.78 is 2.97. The van der Waals surface area contributed by atoms with Crippen molar-refractivity contribution in [3.8, 4) is 11.3 Å². The predicted molar refractivity (Wildman–Crippen MR) is 84.2 cm³/mol. The highest BCUT2D eigenvalue weighted by Crippen LogP contribution is 2.32. The van der Waals surface area contributed by atoms with Crippen LogP contribution in [0.1, 0.15) is 25.8 Å². The summed E-state index contributed by atoms with van der Waals surface area (Å²) in [7, 11) is 0. The van der Waals surface area contributed by atoms with Gasteiger partial charge >= 0.3 is 11.7 Å². The van der Waals surface area contributed by atoms with E-state index in [1.54, 1.807) is 22.9 Å². The Morgan fingerprint density at radius 2 is 2.00 bits per heavy atom. The minimum absolute atomic E-state index is 0.272. The van der Waals surface area contributed by atoms with Crippen LogP contribution in [0.5, 0.6) is 0 Å². The van der Waals surface area contributed by atoms with Crippen LogP contribution < -0.4 is 5.69 Å². The van der Waals surface area contributed by atoms with Crippen molar-refractivity contribution in [2.45, 2.75) is 32.4 Å². The van der Waals surface area contributed by atoms with Crippen molar-refractivity contribution in [3.05, 3.63) is 46.0 Å². The van der Waals surface area contributed by atoms with Crippen LogP contribution in [0.3, 0.4) is 0 Å². The van der Waals surface area contributed by atoms with Gasteiger partial charge in [-0.1, -0.05) is 23.7 Å². The van der Waals surface area contributed by atoms with Gasteiger partial charge in [-0.05, 0) is 43.4 Å². The maximum atomic E-state index is 12.6. The molecule has 1 atom stereocenters. The number of aliphatic carboxylic acids is 1. The van der Waals surface area contributed by atoms with Gasteiger partial charge < -0.3 is 5.11 Å². The van der Waals surface area contributed by atoms with Gasteiger partial charge in [-0.3, -0.25) is 9.13 Å². The highest BCUT2D eigenvalue weighted by atomic mass is 35.5. The number of hydrogen-bond acceptors (Lipinski definition) is 2. The molecule has 0 bridgehead atoms. The Morgan fingerprint density at radius 3 is 2.55 bits per heavy atom. The first-order chi connectivity index (χ1) is 10.5. The highest BCUT2D eigenvalue weighted by molar-refractivity contribution is 6.30. The van der Waals surface area contributed by atoms with Crippen molar-refractivity contribution in [1.29, 1.82) is 0 Å². The molecular weight excluding hydrogens is 304 g/mol. The molecule has 0 aliphatic heterocycles. The maximum absolute atomic E-state index is 12.6. The van der Waals surface area contributed by atoms with E-state index in [-0.39, 0.29) is 5.69 Å². The standard InChI is InChI=1S/C16H17ClN2O3/c1-10(15(20)21)18-9-14(12-4-6-13(17)7-5-12)19(16(18)22)8-11-2-3-11/h4-7,9-11H,2-3,8H2,1H3,(H,20,21). The second-order valence-electron chi connectivity index (χ2n) is 5.78. The zero-order chi connectivity index (χ0) is 15.9. The number of carboxylic acids is 1. The lowest BCUT2D eigenvalue weighted by molar-refractivity contribution is -0.140. The smallest absolute Gasteiger partial charge is 0.329 e. The van der Waals surface area contributed by atoms with E-state index in [2.05, 4.69) is 0 Å². The van der Waals surface area contributed by atoms with Gasteiger partial charge in [-0.2, -0.15) is 0 Å². The molecule has 22 heavy (non-hydrogen) atoms. The van der Waals surface area contributed by atoms with E-state index >= 15 is 0 Å². The fourth-order valence-corrected chi connectivity index (χ4v) is 2.61. The Kier molecular flexibility index (Phi) is 3.83. The van der Waals surface area contributed by atoms with Crippen LogP contribution >= 0.6 is 11.6 Å². The Balaban J connectivity index is 2.10. The second kappa shape index (κ2) is 5.65. The Morgan fingerprint density at radius 1 is 1.36 bits per heavy atom. The van der Waals surface area contributed by atoms with Gasteiger partial charge in [0.25, 0.3) is 0 Å². The first-order valence-corrected chi connectivity index (χ1v) is 7.65. The highest BCUT2D eigenvalue weighted by Gasteiger charge is 2.26. The van der Waals surface area contributed by atoms with E-state index in [9.17, 15) is 14.7 Å². The number of benzene rings is 1. The molecular formula is C16H17ClN2O3. The number of carboxylic acid groups (broad SMARTS) is 1. The summed E-state index contributed by atoms with van der Waals surface area (Å²) in [6, 6.07) is 6.33. The molecule has 0 radical (unpaired) electrons. The van der Waals surface area contributed by atoms with Gasteiger partial charge in [0.1, 0.15) is 6.04 Å². The molecule has 116 valence electrons. The molecule has 1 N–H and O–H groups in total. The van der Waals surface area contributed by atoms with E-state index in [0.29, 0.717) is 17.5 Å². The normalized spacial score (nSPS) is 15.7. The third-order valence-corrected chi connectivity index (χ3v) is 4.31. The van der Waals surface area contributed by atoms with Crippen molar-refractivity contribution in [1.82, 2.24) is 9.13 Å². The predicted octanol–water partition coefficient (Wildman–Crippen LogP) is 3.03. The molecule has 0 spiro atoms. The molecule has 5 nitrogen and oxygen atoms in total. The number of rotatable bonds is 5. The maximum Gasteiger partial charge on any atom is 0.329 e. The summed E-state index contributed by atoms with van der Waals surface area (Å²) in [5.41, 5.74) is 1.33. The molecule has 1 heterocycles. The van der Waals surface area contributed by atoms with E-state index in [0.717, 1.165) is 24.1 Å². The molecule has 3 rings (SSSR count). The summed E-state index contributed by atoms with van der Waals surface area (Å²) >= 11 is 5.91. The van der Waals surface area contributed by atoms with E-state index in [1.165, 1.54) is 11.5 Å². The van der Waals surface area contributed by atoms with Crippen LogP contribution in [0.15, 0.2) is 35.3 Å². The molecule has 1 saturated carbocycles. The Bertz CT molecular complexity index is 757. The summed E-state index contributed by atoms with van der Waals surface area (Å²) in [5, 5.41) is 9.80. The number of aromatic nitrogens is 2. The van der Waals surface area contributed by atoms with Gasteiger partial charge in [0.05, 0.1) is 5.69 Å². The Labute approximate surface area is 132 Å². The number of carbonyl (C=O) groups is 1. The van der Waals surface area contributed by atoms with Crippen molar-refractivity contribution < 1.29 is 9.90 Å². The van der Waals surface area contributed by atoms with Crippen LogP contribution in [-0.2, 0) is 11.3 Å². The minimum Gasteiger partial charge on any atom is -0.480 e. The van der Waals surface area contributed by atoms with E-state index < -0.39 is 12.0 Å². The lowest BCUT2D eigenvalue weighted by Crippen LogP contribution is -2.30.